The van der Waals surface area contributed by atoms with Crippen LogP contribution in [0.4, 0.5) is 15.8 Å². The predicted octanol–water partition coefficient (Wildman–Crippen LogP) is 2.48. The molecule has 0 bridgehead atoms. The van der Waals surface area contributed by atoms with Crippen molar-refractivity contribution in [3.05, 3.63) is 66.9 Å². The Labute approximate surface area is 147 Å². The summed E-state index contributed by atoms with van der Waals surface area (Å²) in [5.74, 6) is -1.43. The van der Waals surface area contributed by atoms with Crippen LogP contribution in [0.25, 0.3) is 0 Å². The molecule has 1 aromatic heterocycles. The van der Waals surface area contributed by atoms with Crippen LogP contribution in [0.3, 0.4) is 0 Å². The largest absolute Gasteiger partial charge is 0.326 e. The Morgan fingerprint density at radius 1 is 1.42 bits per heavy atom. The van der Waals surface area contributed by atoms with Crippen molar-refractivity contribution in [3.8, 4) is 6.07 Å². The molecule has 2 rings (SSSR count). The SMILES string of the molecule is Cc1[nH]c(=O)c(C#N)c(C)c1CCC(=O)Nc1ccc(F)c([N+](=O)[O-])c1. The van der Waals surface area contributed by atoms with E-state index in [1.54, 1.807) is 13.8 Å². The first-order chi connectivity index (χ1) is 12.2. The van der Waals surface area contributed by atoms with E-state index in [-0.39, 0.29) is 24.1 Å². The van der Waals surface area contributed by atoms with E-state index in [1.165, 1.54) is 6.07 Å². The van der Waals surface area contributed by atoms with Gasteiger partial charge in [0.15, 0.2) is 0 Å². The van der Waals surface area contributed by atoms with Crippen LogP contribution in [0.2, 0.25) is 0 Å². The lowest BCUT2D eigenvalue weighted by atomic mass is 9.99. The number of amides is 1. The zero-order chi connectivity index (χ0) is 19.4. The van der Waals surface area contributed by atoms with Gasteiger partial charge in [-0.2, -0.15) is 9.65 Å². The first-order valence-electron chi connectivity index (χ1n) is 7.60. The molecular weight excluding hydrogens is 343 g/mol. The van der Waals surface area contributed by atoms with Crippen LogP contribution in [0, 0.1) is 41.1 Å². The number of hydrogen-bond donors (Lipinski definition) is 2. The van der Waals surface area contributed by atoms with Gasteiger partial charge in [-0.3, -0.25) is 19.7 Å². The Kier molecular flexibility index (Phi) is 5.47. The fraction of sp³-hybridized carbons (Fsp3) is 0.235. The predicted molar refractivity (Wildman–Crippen MR) is 91.3 cm³/mol. The highest BCUT2D eigenvalue weighted by atomic mass is 19.1. The molecule has 1 aromatic carbocycles. The molecule has 2 N–H and O–H groups in total. The maximum Gasteiger partial charge on any atom is 0.306 e. The summed E-state index contributed by atoms with van der Waals surface area (Å²) in [6, 6.07) is 4.91. The maximum atomic E-state index is 13.3. The molecule has 0 saturated heterocycles. The number of nitrogens with one attached hydrogen (secondary N) is 2. The summed E-state index contributed by atoms with van der Waals surface area (Å²) in [5.41, 5.74) is 0.663. The number of carbonyl (C=O) groups excluding carboxylic acids is 1. The maximum absolute atomic E-state index is 13.3. The normalized spacial score (nSPS) is 10.2. The molecule has 0 aliphatic rings. The standard InChI is InChI=1S/C17H15FN4O4/c1-9-12(10(2)20-17(24)13(9)8-19)4-6-16(23)21-11-3-5-14(18)15(7-11)22(25)26/h3,5,7H,4,6H2,1-2H3,(H,20,24)(H,21,23). The van der Waals surface area contributed by atoms with Crippen LogP contribution < -0.4 is 10.9 Å². The molecule has 0 fully saturated rings. The number of pyridine rings is 1. The zero-order valence-corrected chi connectivity index (χ0v) is 14.1. The van der Waals surface area contributed by atoms with Crippen molar-refractivity contribution in [2.75, 3.05) is 5.32 Å². The molecule has 0 radical (unpaired) electrons. The molecule has 0 saturated carbocycles. The fourth-order valence-electron chi connectivity index (χ4n) is 2.61. The van der Waals surface area contributed by atoms with Gasteiger partial charge in [0.25, 0.3) is 5.56 Å². The van der Waals surface area contributed by atoms with Gasteiger partial charge in [0, 0.05) is 23.9 Å². The number of hydrogen-bond acceptors (Lipinski definition) is 5. The van der Waals surface area contributed by atoms with Crippen molar-refractivity contribution in [1.29, 1.82) is 5.26 Å². The molecule has 9 heteroatoms. The smallest absolute Gasteiger partial charge is 0.306 e. The van der Waals surface area contributed by atoms with Crippen LogP contribution in [-0.4, -0.2) is 15.8 Å². The van der Waals surface area contributed by atoms with Gasteiger partial charge < -0.3 is 10.3 Å². The minimum absolute atomic E-state index is 0.000155. The molecule has 0 aliphatic carbocycles. The summed E-state index contributed by atoms with van der Waals surface area (Å²) in [7, 11) is 0. The van der Waals surface area contributed by atoms with Crippen LogP contribution in [-0.2, 0) is 11.2 Å². The number of aromatic nitrogens is 1. The quantitative estimate of drug-likeness (QED) is 0.626. The van der Waals surface area contributed by atoms with E-state index in [2.05, 4.69) is 10.3 Å². The topological polar surface area (TPSA) is 129 Å². The molecule has 0 spiro atoms. The number of nitriles is 1. The molecule has 1 amide bonds. The number of aryl methyl sites for hydroxylation is 1. The van der Waals surface area contributed by atoms with Gasteiger partial charge >= 0.3 is 5.69 Å². The molecule has 8 nitrogen and oxygen atoms in total. The van der Waals surface area contributed by atoms with Gasteiger partial charge in [0.05, 0.1) is 4.92 Å². The van der Waals surface area contributed by atoms with Crippen LogP contribution in [0.15, 0.2) is 23.0 Å². The average Bonchev–Trinajstić information content (AvgIpc) is 2.56. The molecule has 1 heterocycles. The minimum Gasteiger partial charge on any atom is -0.326 e. The van der Waals surface area contributed by atoms with Crippen molar-refractivity contribution < 1.29 is 14.1 Å². The second kappa shape index (κ2) is 7.57. The Morgan fingerprint density at radius 3 is 2.73 bits per heavy atom. The molecule has 26 heavy (non-hydrogen) atoms. The lowest BCUT2D eigenvalue weighted by Crippen LogP contribution is -2.18. The van der Waals surface area contributed by atoms with Crippen molar-refractivity contribution in [2.24, 2.45) is 0 Å². The van der Waals surface area contributed by atoms with Crippen LogP contribution >= 0.6 is 0 Å². The Morgan fingerprint density at radius 2 is 2.12 bits per heavy atom. The second-order valence-electron chi connectivity index (χ2n) is 5.64. The lowest BCUT2D eigenvalue weighted by Gasteiger charge is -2.11. The van der Waals surface area contributed by atoms with E-state index in [0.717, 1.165) is 12.1 Å². The number of nitro benzene ring substituents is 1. The molecular formula is C17H15FN4O4. The number of H-pyrrole nitrogens is 1. The monoisotopic (exact) mass is 358 g/mol. The van der Waals surface area contributed by atoms with E-state index >= 15 is 0 Å². The molecule has 0 aliphatic heterocycles. The summed E-state index contributed by atoms with van der Waals surface area (Å²) >= 11 is 0. The first kappa shape index (κ1) is 18.8. The number of nitro groups is 1. The highest BCUT2D eigenvalue weighted by Gasteiger charge is 2.16. The van der Waals surface area contributed by atoms with Crippen LogP contribution in [0.1, 0.15) is 28.8 Å². The number of rotatable bonds is 5. The van der Waals surface area contributed by atoms with E-state index in [4.69, 9.17) is 5.26 Å². The van der Waals surface area contributed by atoms with Gasteiger partial charge in [-0.25, -0.2) is 0 Å². The van der Waals surface area contributed by atoms with Crippen molar-refractivity contribution in [1.82, 2.24) is 4.98 Å². The third-order valence-electron chi connectivity index (χ3n) is 3.95. The molecule has 134 valence electrons. The van der Waals surface area contributed by atoms with E-state index in [0.29, 0.717) is 16.8 Å². The molecule has 0 atom stereocenters. The fourth-order valence-corrected chi connectivity index (χ4v) is 2.61. The highest BCUT2D eigenvalue weighted by molar-refractivity contribution is 5.91. The lowest BCUT2D eigenvalue weighted by molar-refractivity contribution is -0.387. The van der Waals surface area contributed by atoms with Crippen molar-refractivity contribution in [3.63, 3.8) is 0 Å². The molecule has 0 unspecified atom stereocenters. The van der Waals surface area contributed by atoms with Gasteiger partial charge in [-0.05, 0) is 43.5 Å². The first-order valence-corrected chi connectivity index (χ1v) is 7.60. The third-order valence-corrected chi connectivity index (χ3v) is 3.95. The van der Waals surface area contributed by atoms with Gasteiger partial charge in [-0.15, -0.1) is 0 Å². The van der Waals surface area contributed by atoms with E-state index in [1.807, 2.05) is 6.07 Å². The highest BCUT2D eigenvalue weighted by Crippen LogP contribution is 2.22. The Bertz CT molecular complexity index is 991. The summed E-state index contributed by atoms with van der Waals surface area (Å²) < 4.78 is 13.3. The number of anilines is 1. The number of benzene rings is 1. The number of carbonyl (C=O) groups is 1. The second-order valence-corrected chi connectivity index (χ2v) is 5.64. The molecule has 2 aromatic rings. The van der Waals surface area contributed by atoms with Gasteiger partial charge in [0.2, 0.25) is 11.7 Å². The average molecular weight is 358 g/mol. The number of aromatic amines is 1. The van der Waals surface area contributed by atoms with E-state index in [9.17, 15) is 24.1 Å². The van der Waals surface area contributed by atoms with Gasteiger partial charge in [-0.1, -0.05) is 0 Å². The number of nitrogens with zero attached hydrogens (tertiary/aromatic N) is 2. The van der Waals surface area contributed by atoms with Crippen molar-refractivity contribution in [2.45, 2.75) is 26.7 Å². The number of halogens is 1. The van der Waals surface area contributed by atoms with E-state index < -0.39 is 27.9 Å². The Balaban J connectivity index is 2.13. The summed E-state index contributed by atoms with van der Waals surface area (Å²) in [5, 5.41) is 22.2. The summed E-state index contributed by atoms with van der Waals surface area (Å²) in [6.45, 7) is 3.31. The van der Waals surface area contributed by atoms with Gasteiger partial charge in [0.1, 0.15) is 11.6 Å². The Hall–Kier alpha value is -3.54. The summed E-state index contributed by atoms with van der Waals surface area (Å²) in [6.07, 6.45) is 0.280. The minimum atomic E-state index is -0.989. The summed E-state index contributed by atoms with van der Waals surface area (Å²) in [4.78, 5) is 36.2. The van der Waals surface area contributed by atoms with Crippen molar-refractivity contribution >= 4 is 17.3 Å². The third kappa shape index (κ3) is 3.92. The van der Waals surface area contributed by atoms with Crippen LogP contribution in [0.5, 0.6) is 0 Å². The zero-order valence-electron chi connectivity index (χ0n) is 14.1.